The van der Waals surface area contributed by atoms with Crippen molar-refractivity contribution in [1.82, 2.24) is 20.3 Å². The smallest absolute Gasteiger partial charge is 0.186 e. The van der Waals surface area contributed by atoms with E-state index >= 15 is 0 Å². The molecule has 1 saturated heterocycles. The number of nitrogens with one attached hydrogen (secondary N) is 1. The van der Waals surface area contributed by atoms with E-state index in [0.717, 1.165) is 41.4 Å². The van der Waals surface area contributed by atoms with Crippen LogP contribution in [0.4, 0.5) is 5.13 Å². The Morgan fingerprint density at radius 3 is 2.65 bits per heavy atom. The molecule has 1 aliphatic heterocycles. The lowest BCUT2D eigenvalue weighted by Gasteiger charge is -2.33. The lowest BCUT2D eigenvalue weighted by Crippen LogP contribution is -2.45. The average Bonchev–Trinajstić information content (AvgIpc) is 3.27. The van der Waals surface area contributed by atoms with E-state index in [0.29, 0.717) is 6.04 Å². The molecule has 0 saturated carbocycles. The van der Waals surface area contributed by atoms with Gasteiger partial charge in [-0.2, -0.15) is 0 Å². The van der Waals surface area contributed by atoms with Gasteiger partial charge in [0.05, 0.1) is 15.8 Å². The van der Waals surface area contributed by atoms with Gasteiger partial charge in [0.15, 0.2) is 5.13 Å². The summed E-state index contributed by atoms with van der Waals surface area (Å²) in [5.41, 5.74) is 4.18. The van der Waals surface area contributed by atoms with Gasteiger partial charge in [0.25, 0.3) is 0 Å². The van der Waals surface area contributed by atoms with E-state index in [4.69, 9.17) is 4.98 Å². The Labute approximate surface area is 186 Å². The highest BCUT2D eigenvalue weighted by Crippen LogP contribution is 2.30. The first kappa shape index (κ1) is 19.7. The van der Waals surface area contributed by atoms with E-state index in [1.54, 1.807) is 23.7 Å². The highest BCUT2D eigenvalue weighted by molar-refractivity contribution is 7.22. The third kappa shape index (κ3) is 4.91. The molecular weight excluding hydrogens is 402 g/mol. The zero-order valence-corrected chi connectivity index (χ0v) is 18.0. The van der Waals surface area contributed by atoms with Crippen molar-refractivity contribution >= 4 is 26.7 Å². The van der Waals surface area contributed by atoms with Crippen LogP contribution >= 0.6 is 11.3 Å². The van der Waals surface area contributed by atoms with Crippen LogP contribution in [0.2, 0.25) is 0 Å². The summed E-state index contributed by atoms with van der Waals surface area (Å²) in [6.07, 6.45) is 7.34. The third-order valence-electron chi connectivity index (χ3n) is 5.44. The van der Waals surface area contributed by atoms with Crippen LogP contribution in [0.1, 0.15) is 29.5 Å². The van der Waals surface area contributed by atoms with Crippen LogP contribution in [0.5, 0.6) is 0 Å². The molecule has 1 unspecified atom stereocenters. The largest absolute Gasteiger partial charge is 0.347 e. The van der Waals surface area contributed by atoms with Crippen LogP contribution in [0, 0.1) is 11.8 Å². The van der Waals surface area contributed by atoms with Crippen molar-refractivity contribution in [1.29, 1.82) is 0 Å². The molecule has 1 aliphatic rings. The topological polar surface area (TPSA) is 53.9 Å². The molecule has 154 valence electrons. The van der Waals surface area contributed by atoms with Crippen LogP contribution in [-0.4, -0.2) is 34.1 Å². The van der Waals surface area contributed by atoms with Crippen molar-refractivity contribution in [2.75, 3.05) is 18.0 Å². The molecule has 0 spiro atoms. The molecule has 5 nitrogen and oxygen atoms in total. The molecule has 31 heavy (non-hydrogen) atoms. The molecule has 0 bridgehead atoms. The molecule has 0 aliphatic carbocycles. The van der Waals surface area contributed by atoms with Crippen LogP contribution in [-0.2, 0) is 6.54 Å². The van der Waals surface area contributed by atoms with E-state index in [-0.39, 0.29) is 0 Å². The predicted molar refractivity (Wildman–Crippen MR) is 126 cm³/mol. The van der Waals surface area contributed by atoms with Crippen LogP contribution in [0.25, 0.3) is 10.2 Å². The Hall–Kier alpha value is -3.27. The second-order valence-corrected chi connectivity index (χ2v) is 8.71. The first-order valence-electron chi connectivity index (χ1n) is 10.5. The fraction of sp³-hybridized carbons (Fsp3) is 0.240. The van der Waals surface area contributed by atoms with Gasteiger partial charge in [0.2, 0.25) is 0 Å². The van der Waals surface area contributed by atoms with Gasteiger partial charge in [0, 0.05) is 43.6 Å². The molecule has 0 amide bonds. The number of benzene rings is 2. The van der Waals surface area contributed by atoms with Gasteiger partial charge in [-0.3, -0.25) is 0 Å². The van der Waals surface area contributed by atoms with Gasteiger partial charge in [-0.05, 0) is 42.7 Å². The number of hydrogen-bond donors (Lipinski definition) is 1. The molecule has 3 heterocycles. The fourth-order valence-electron chi connectivity index (χ4n) is 3.79. The average molecular weight is 426 g/mol. The van der Waals surface area contributed by atoms with E-state index in [2.05, 4.69) is 80.6 Å². The molecule has 0 radical (unpaired) electrons. The number of rotatable bonds is 4. The maximum atomic E-state index is 4.83. The van der Waals surface area contributed by atoms with E-state index < -0.39 is 0 Å². The van der Waals surface area contributed by atoms with Gasteiger partial charge in [-0.15, -0.1) is 0 Å². The minimum Gasteiger partial charge on any atom is -0.347 e. The van der Waals surface area contributed by atoms with Crippen molar-refractivity contribution in [2.24, 2.45) is 0 Å². The van der Waals surface area contributed by atoms with Crippen LogP contribution in [0.3, 0.4) is 0 Å². The van der Waals surface area contributed by atoms with Crippen molar-refractivity contribution in [3.8, 4) is 11.8 Å². The normalized spacial score (nSPS) is 16.1. The van der Waals surface area contributed by atoms with Gasteiger partial charge < -0.3 is 10.2 Å². The van der Waals surface area contributed by atoms with Crippen LogP contribution in [0.15, 0.2) is 67.3 Å². The minimum atomic E-state index is 0.471. The number of para-hydroxylation sites is 1. The second kappa shape index (κ2) is 9.25. The third-order valence-corrected chi connectivity index (χ3v) is 6.53. The highest BCUT2D eigenvalue weighted by atomic mass is 32.1. The van der Waals surface area contributed by atoms with Crippen molar-refractivity contribution in [2.45, 2.75) is 25.4 Å². The zero-order valence-electron chi connectivity index (χ0n) is 17.2. The lowest BCUT2D eigenvalue weighted by atomic mass is 10.1. The van der Waals surface area contributed by atoms with Gasteiger partial charge in [-0.1, -0.05) is 47.4 Å². The second-order valence-electron chi connectivity index (χ2n) is 7.70. The lowest BCUT2D eigenvalue weighted by molar-refractivity contribution is 0.421. The summed E-state index contributed by atoms with van der Waals surface area (Å²) in [6, 6.07) is 17.3. The Kier molecular flexibility index (Phi) is 5.87. The number of hydrogen-bond acceptors (Lipinski definition) is 6. The number of piperidine rings is 1. The molecule has 6 heteroatoms. The fourth-order valence-corrected chi connectivity index (χ4v) is 4.79. The standard InChI is InChI=1S/C25H23N5S/c1-2-6-24-23(5-1)29-25(31-24)30-13-3-4-22(17-30)28-16-20-10-7-19(8-11-20)9-12-21-14-26-18-27-15-21/h1-2,5-8,10-11,14-15,18,22,28H,3-4,13,16-17H2. The van der Waals surface area contributed by atoms with Gasteiger partial charge >= 0.3 is 0 Å². The Morgan fingerprint density at radius 1 is 1.00 bits per heavy atom. The van der Waals surface area contributed by atoms with Crippen molar-refractivity contribution in [3.63, 3.8) is 0 Å². The Morgan fingerprint density at radius 2 is 1.81 bits per heavy atom. The summed E-state index contributed by atoms with van der Waals surface area (Å²) in [4.78, 5) is 15.2. The zero-order chi connectivity index (χ0) is 20.9. The molecule has 1 atom stereocenters. The summed E-state index contributed by atoms with van der Waals surface area (Å²) in [5, 5.41) is 4.87. The Bertz CT molecular complexity index is 1170. The summed E-state index contributed by atoms with van der Waals surface area (Å²) in [6.45, 7) is 2.94. The van der Waals surface area contributed by atoms with Gasteiger partial charge in [-0.25, -0.2) is 15.0 Å². The first-order chi connectivity index (χ1) is 15.3. The van der Waals surface area contributed by atoms with Crippen molar-refractivity contribution < 1.29 is 0 Å². The number of anilines is 1. The molecule has 2 aromatic heterocycles. The quantitative estimate of drug-likeness (QED) is 0.496. The highest BCUT2D eigenvalue weighted by Gasteiger charge is 2.22. The summed E-state index contributed by atoms with van der Waals surface area (Å²) < 4.78 is 1.26. The summed E-state index contributed by atoms with van der Waals surface area (Å²) in [5.74, 6) is 6.26. The number of nitrogens with zero attached hydrogens (tertiary/aromatic N) is 4. The van der Waals surface area contributed by atoms with Crippen LogP contribution < -0.4 is 10.2 Å². The molecular formula is C25H23N5S. The molecule has 1 N–H and O–H groups in total. The molecule has 5 rings (SSSR count). The number of thiazole rings is 1. The van der Waals surface area contributed by atoms with E-state index in [9.17, 15) is 0 Å². The van der Waals surface area contributed by atoms with E-state index in [1.807, 2.05) is 0 Å². The maximum absolute atomic E-state index is 4.83. The minimum absolute atomic E-state index is 0.471. The van der Waals surface area contributed by atoms with Gasteiger partial charge in [0.1, 0.15) is 6.33 Å². The van der Waals surface area contributed by atoms with Crippen molar-refractivity contribution in [3.05, 3.63) is 83.9 Å². The predicted octanol–water partition coefficient (Wildman–Crippen LogP) is 4.24. The first-order valence-corrected chi connectivity index (χ1v) is 11.3. The summed E-state index contributed by atoms with van der Waals surface area (Å²) in [7, 11) is 0. The maximum Gasteiger partial charge on any atom is 0.186 e. The monoisotopic (exact) mass is 425 g/mol. The molecule has 4 aromatic rings. The number of fused-ring (bicyclic) bond motifs is 1. The SMILES string of the molecule is C(#Cc1cncnc1)c1ccc(CNC2CCCN(c3nc4ccccc4s3)C2)cc1. The Balaban J connectivity index is 1.17. The molecule has 2 aromatic carbocycles. The molecule has 1 fully saturated rings. The van der Waals surface area contributed by atoms with E-state index in [1.165, 1.54) is 29.4 Å². The number of aromatic nitrogens is 3. The summed E-state index contributed by atoms with van der Waals surface area (Å²) >= 11 is 1.79.